The van der Waals surface area contributed by atoms with Crippen molar-refractivity contribution in [1.29, 1.82) is 0 Å². The highest BCUT2D eigenvalue weighted by atomic mass is 19.1. The molecule has 3 heteroatoms. The van der Waals surface area contributed by atoms with Crippen LogP contribution in [0.5, 0.6) is 5.75 Å². The number of rotatable bonds is 3. The highest BCUT2D eigenvalue weighted by molar-refractivity contribution is 5.33. The fourth-order valence-corrected chi connectivity index (χ4v) is 1.15. The van der Waals surface area contributed by atoms with Crippen LogP contribution in [0.15, 0.2) is 18.2 Å². The molecule has 0 amide bonds. The van der Waals surface area contributed by atoms with Crippen molar-refractivity contribution in [3.63, 3.8) is 0 Å². The van der Waals surface area contributed by atoms with Crippen LogP contribution < -0.4 is 4.74 Å². The van der Waals surface area contributed by atoms with E-state index in [2.05, 4.69) is 0 Å². The number of halogens is 1. The van der Waals surface area contributed by atoms with Crippen LogP contribution in [0.3, 0.4) is 0 Å². The van der Waals surface area contributed by atoms with Gasteiger partial charge < -0.3 is 9.84 Å². The van der Waals surface area contributed by atoms with Crippen molar-refractivity contribution in [2.75, 3.05) is 0 Å². The molecule has 0 radical (unpaired) electrons. The lowest BCUT2D eigenvalue weighted by molar-refractivity contribution is 0.257. The Balaban J connectivity index is 2.21. The molecule has 0 spiro atoms. The lowest BCUT2D eigenvalue weighted by atomic mass is 10.2. The van der Waals surface area contributed by atoms with Crippen LogP contribution in [0.25, 0.3) is 0 Å². The molecule has 1 saturated carbocycles. The lowest BCUT2D eigenvalue weighted by Gasteiger charge is -2.08. The van der Waals surface area contributed by atoms with Gasteiger partial charge >= 0.3 is 0 Å². The maximum Gasteiger partial charge on any atom is 0.125 e. The highest BCUT2D eigenvalue weighted by Crippen LogP contribution is 2.29. The summed E-state index contributed by atoms with van der Waals surface area (Å²) in [4.78, 5) is 0. The average Bonchev–Trinajstić information content (AvgIpc) is 2.92. The van der Waals surface area contributed by atoms with E-state index in [0.29, 0.717) is 11.3 Å². The maximum absolute atomic E-state index is 12.7. The molecule has 1 aliphatic carbocycles. The van der Waals surface area contributed by atoms with Gasteiger partial charge in [0.2, 0.25) is 0 Å². The monoisotopic (exact) mass is 182 g/mol. The Hall–Kier alpha value is -1.09. The van der Waals surface area contributed by atoms with Crippen LogP contribution in [-0.4, -0.2) is 11.2 Å². The second-order valence-electron chi connectivity index (χ2n) is 3.23. The third kappa shape index (κ3) is 1.98. The van der Waals surface area contributed by atoms with Gasteiger partial charge in [-0.3, -0.25) is 0 Å². The van der Waals surface area contributed by atoms with E-state index in [4.69, 9.17) is 9.84 Å². The molecule has 0 aliphatic heterocycles. The van der Waals surface area contributed by atoms with Crippen LogP contribution in [-0.2, 0) is 6.61 Å². The summed E-state index contributed by atoms with van der Waals surface area (Å²) in [6.45, 7) is -0.181. The molecule has 0 unspecified atom stereocenters. The zero-order chi connectivity index (χ0) is 9.26. The van der Waals surface area contributed by atoms with Crippen LogP contribution in [0.2, 0.25) is 0 Å². The number of benzene rings is 1. The summed E-state index contributed by atoms with van der Waals surface area (Å²) in [6.07, 6.45) is 2.39. The number of hydrogen-bond acceptors (Lipinski definition) is 2. The van der Waals surface area contributed by atoms with E-state index < -0.39 is 0 Å². The van der Waals surface area contributed by atoms with E-state index in [0.717, 1.165) is 12.8 Å². The molecule has 1 fully saturated rings. The Bertz CT molecular complexity index is 308. The van der Waals surface area contributed by atoms with Gasteiger partial charge in [0.25, 0.3) is 0 Å². The van der Waals surface area contributed by atoms with Crippen LogP contribution in [0.4, 0.5) is 4.39 Å². The van der Waals surface area contributed by atoms with Crippen molar-refractivity contribution in [1.82, 2.24) is 0 Å². The van der Waals surface area contributed by atoms with E-state index >= 15 is 0 Å². The normalized spacial score (nSPS) is 15.8. The molecular formula is C10H11FO2. The summed E-state index contributed by atoms with van der Waals surface area (Å²) in [5, 5.41) is 8.93. The summed E-state index contributed by atoms with van der Waals surface area (Å²) in [5.74, 6) is 0.263. The van der Waals surface area contributed by atoms with Gasteiger partial charge in [-0.25, -0.2) is 4.39 Å². The first-order valence-electron chi connectivity index (χ1n) is 4.35. The number of aliphatic hydroxyl groups excluding tert-OH is 1. The first-order chi connectivity index (χ1) is 6.29. The van der Waals surface area contributed by atoms with Crippen molar-refractivity contribution >= 4 is 0 Å². The van der Waals surface area contributed by atoms with E-state index in [1.54, 1.807) is 6.07 Å². The molecule has 70 valence electrons. The van der Waals surface area contributed by atoms with Gasteiger partial charge in [-0.15, -0.1) is 0 Å². The molecule has 2 nitrogen and oxygen atoms in total. The summed E-state index contributed by atoms with van der Waals surface area (Å²) in [6, 6.07) is 4.22. The summed E-state index contributed by atoms with van der Waals surface area (Å²) < 4.78 is 18.2. The van der Waals surface area contributed by atoms with E-state index in [9.17, 15) is 4.39 Å². The molecule has 2 rings (SSSR count). The fourth-order valence-electron chi connectivity index (χ4n) is 1.15. The minimum absolute atomic E-state index is 0.181. The van der Waals surface area contributed by atoms with Crippen molar-refractivity contribution in [2.45, 2.75) is 25.6 Å². The SMILES string of the molecule is OCc1cc(F)ccc1OC1CC1. The van der Waals surface area contributed by atoms with Gasteiger partial charge in [0.05, 0.1) is 12.7 Å². The lowest BCUT2D eigenvalue weighted by Crippen LogP contribution is -2.00. The van der Waals surface area contributed by atoms with Crippen molar-refractivity contribution in [3.8, 4) is 5.75 Å². The first kappa shape index (κ1) is 8.51. The third-order valence-corrected chi connectivity index (χ3v) is 2.01. The molecule has 1 aliphatic rings. The average molecular weight is 182 g/mol. The van der Waals surface area contributed by atoms with E-state index in [-0.39, 0.29) is 18.5 Å². The molecule has 0 heterocycles. The molecule has 1 N–H and O–H groups in total. The quantitative estimate of drug-likeness (QED) is 0.773. The molecule has 0 aromatic heterocycles. The minimum atomic E-state index is -0.341. The number of ether oxygens (including phenoxy) is 1. The Labute approximate surface area is 76.0 Å². The second-order valence-corrected chi connectivity index (χ2v) is 3.23. The Morgan fingerprint density at radius 3 is 2.85 bits per heavy atom. The van der Waals surface area contributed by atoms with E-state index in [1.165, 1.54) is 12.1 Å². The van der Waals surface area contributed by atoms with Gasteiger partial charge in [-0.05, 0) is 31.0 Å². The Kier molecular flexibility index (Phi) is 2.19. The van der Waals surface area contributed by atoms with Gasteiger partial charge in [-0.2, -0.15) is 0 Å². The molecule has 13 heavy (non-hydrogen) atoms. The van der Waals surface area contributed by atoms with Crippen molar-refractivity contribution in [3.05, 3.63) is 29.6 Å². The molecule has 1 aromatic carbocycles. The van der Waals surface area contributed by atoms with Crippen LogP contribution in [0.1, 0.15) is 18.4 Å². The zero-order valence-corrected chi connectivity index (χ0v) is 7.16. The van der Waals surface area contributed by atoms with Gasteiger partial charge in [-0.1, -0.05) is 0 Å². The second kappa shape index (κ2) is 3.34. The summed E-state index contributed by atoms with van der Waals surface area (Å²) >= 11 is 0. The molecule has 0 bridgehead atoms. The summed E-state index contributed by atoms with van der Waals surface area (Å²) in [5.41, 5.74) is 0.520. The molecule has 0 saturated heterocycles. The number of hydrogen-bond donors (Lipinski definition) is 1. The van der Waals surface area contributed by atoms with Gasteiger partial charge in [0.15, 0.2) is 0 Å². The predicted molar refractivity (Wildman–Crippen MR) is 46.0 cm³/mol. The first-order valence-corrected chi connectivity index (χ1v) is 4.35. The number of aliphatic hydroxyl groups is 1. The zero-order valence-electron chi connectivity index (χ0n) is 7.16. The fraction of sp³-hybridized carbons (Fsp3) is 0.400. The van der Waals surface area contributed by atoms with Crippen LogP contribution >= 0.6 is 0 Å². The third-order valence-electron chi connectivity index (χ3n) is 2.01. The van der Waals surface area contributed by atoms with Crippen molar-refractivity contribution < 1.29 is 14.2 Å². The smallest absolute Gasteiger partial charge is 0.125 e. The molecule has 0 atom stereocenters. The molecule has 1 aromatic rings. The molecular weight excluding hydrogens is 171 g/mol. The highest BCUT2D eigenvalue weighted by Gasteiger charge is 2.24. The minimum Gasteiger partial charge on any atom is -0.490 e. The van der Waals surface area contributed by atoms with E-state index in [1.807, 2.05) is 0 Å². The summed E-state index contributed by atoms with van der Waals surface area (Å²) in [7, 11) is 0. The van der Waals surface area contributed by atoms with Gasteiger partial charge in [0.1, 0.15) is 11.6 Å². The van der Waals surface area contributed by atoms with Crippen molar-refractivity contribution in [2.24, 2.45) is 0 Å². The predicted octanol–water partition coefficient (Wildman–Crippen LogP) is 1.86. The topological polar surface area (TPSA) is 29.5 Å². The van der Waals surface area contributed by atoms with Gasteiger partial charge in [0, 0.05) is 5.56 Å². The Morgan fingerprint density at radius 1 is 1.46 bits per heavy atom. The Morgan fingerprint density at radius 2 is 2.23 bits per heavy atom. The largest absolute Gasteiger partial charge is 0.490 e. The maximum atomic E-state index is 12.7. The standard InChI is InChI=1S/C10H11FO2/c11-8-1-4-10(7(5-8)6-12)13-9-2-3-9/h1,4-5,9,12H,2-3,6H2. The van der Waals surface area contributed by atoms with Crippen LogP contribution in [0, 0.1) is 5.82 Å².